The Morgan fingerprint density at radius 2 is 1.76 bits per heavy atom. The fraction of sp³-hybridized carbons (Fsp3) is 0.200. The van der Waals surface area contributed by atoms with Crippen LogP contribution in [-0.2, 0) is 27.2 Å². The Kier molecular flexibility index (Phi) is 5.31. The number of amides is 2. The molecule has 0 bridgehead atoms. The lowest BCUT2D eigenvalue weighted by molar-refractivity contribution is -0.137. The molecule has 1 unspecified atom stereocenters. The highest BCUT2D eigenvalue weighted by molar-refractivity contribution is 8.02. The first-order valence-corrected chi connectivity index (χ1v) is 11.4. The molecule has 3 aromatic carbocycles. The van der Waals surface area contributed by atoms with Gasteiger partial charge in [0.15, 0.2) is 0 Å². The molecular formula is C25H19F3N2O3S. The summed E-state index contributed by atoms with van der Waals surface area (Å²) in [5.74, 6) is -0.174. The third kappa shape index (κ3) is 3.42. The molecule has 0 radical (unpaired) electrons. The first-order chi connectivity index (χ1) is 16.3. The number of nitrogens with zero attached hydrogens (tertiary/aromatic N) is 2. The summed E-state index contributed by atoms with van der Waals surface area (Å²) in [7, 11) is 1.55. The second-order valence-electron chi connectivity index (χ2n) is 7.97. The van der Waals surface area contributed by atoms with E-state index in [-0.39, 0.29) is 23.9 Å². The van der Waals surface area contributed by atoms with Crippen LogP contribution in [0.25, 0.3) is 0 Å². The van der Waals surface area contributed by atoms with Crippen LogP contribution >= 0.6 is 11.8 Å². The maximum atomic E-state index is 14.0. The molecule has 2 aliphatic rings. The van der Waals surface area contributed by atoms with Gasteiger partial charge in [-0.15, -0.1) is 11.8 Å². The smallest absolute Gasteiger partial charge is 0.416 e. The minimum atomic E-state index is -4.57. The lowest BCUT2D eigenvalue weighted by Gasteiger charge is -2.33. The first-order valence-electron chi connectivity index (χ1n) is 10.4. The second kappa shape index (κ2) is 8.09. The molecular weight excluding hydrogens is 465 g/mol. The first kappa shape index (κ1) is 22.3. The molecule has 1 atom stereocenters. The van der Waals surface area contributed by atoms with Crippen LogP contribution in [-0.4, -0.2) is 24.7 Å². The normalized spacial score (nSPS) is 19.8. The van der Waals surface area contributed by atoms with Gasteiger partial charge in [0.25, 0.3) is 5.91 Å². The number of thioether (sulfide) groups is 1. The summed E-state index contributed by atoms with van der Waals surface area (Å²) in [4.78, 5) is 28.4. The summed E-state index contributed by atoms with van der Waals surface area (Å²) < 4.78 is 45.5. The van der Waals surface area contributed by atoms with Gasteiger partial charge in [-0.05, 0) is 42.0 Å². The van der Waals surface area contributed by atoms with E-state index in [1.807, 2.05) is 18.2 Å². The highest BCUT2D eigenvalue weighted by Gasteiger charge is 2.61. The van der Waals surface area contributed by atoms with Crippen molar-refractivity contribution in [3.8, 4) is 5.75 Å². The third-order valence-corrected chi connectivity index (χ3v) is 7.36. The van der Waals surface area contributed by atoms with Crippen molar-refractivity contribution >= 4 is 35.0 Å². The number of hydrogen-bond acceptors (Lipinski definition) is 4. The van der Waals surface area contributed by atoms with E-state index < -0.39 is 22.5 Å². The summed E-state index contributed by atoms with van der Waals surface area (Å²) in [6.45, 7) is 0.222. The van der Waals surface area contributed by atoms with Gasteiger partial charge in [0.2, 0.25) is 10.8 Å². The molecule has 9 heteroatoms. The summed E-state index contributed by atoms with van der Waals surface area (Å²) in [6.07, 6.45) is -4.57. The van der Waals surface area contributed by atoms with Gasteiger partial charge in [0, 0.05) is 11.3 Å². The van der Waals surface area contributed by atoms with E-state index in [0.717, 1.165) is 29.5 Å². The average molecular weight is 484 g/mol. The van der Waals surface area contributed by atoms with E-state index >= 15 is 0 Å². The second-order valence-corrected chi connectivity index (χ2v) is 9.14. The number of hydrogen-bond donors (Lipinski definition) is 0. The van der Waals surface area contributed by atoms with Crippen molar-refractivity contribution in [1.82, 2.24) is 0 Å². The molecule has 0 aliphatic carbocycles. The zero-order chi connectivity index (χ0) is 24.1. The largest absolute Gasteiger partial charge is 0.497 e. The van der Waals surface area contributed by atoms with E-state index in [2.05, 4.69) is 0 Å². The van der Waals surface area contributed by atoms with Crippen LogP contribution in [0.3, 0.4) is 0 Å². The Morgan fingerprint density at radius 3 is 2.53 bits per heavy atom. The Hall–Kier alpha value is -3.46. The number of ether oxygens (including phenoxy) is 1. The van der Waals surface area contributed by atoms with E-state index in [4.69, 9.17) is 4.74 Å². The van der Waals surface area contributed by atoms with Crippen molar-refractivity contribution in [1.29, 1.82) is 0 Å². The summed E-state index contributed by atoms with van der Waals surface area (Å²) in [6, 6.07) is 18.9. The minimum Gasteiger partial charge on any atom is -0.497 e. The van der Waals surface area contributed by atoms with E-state index in [1.54, 1.807) is 42.3 Å². The molecule has 1 fully saturated rings. The van der Waals surface area contributed by atoms with Gasteiger partial charge >= 0.3 is 6.18 Å². The predicted octanol–water partition coefficient (Wildman–Crippen LogP) is 5.19. The molecule has 2 amide bonds. The molecule has 0 aromatic heterocycles. The lowest BCUT2D eigenvalue weighted by Crippen LogP contribution is -2.49. The zero-order valence-corrected chi connectivity index (χ0v) is 18.8. The highest BCUT2D eigenvalue weighted by atomic mass is 32.2. The molecule has 0 saturated carbocycles. The molecule has 3 aromatic rings. The number of rotatable bonds is 4. The van der Waals surface area contributed by atoms with Gasteiger partial charge in [-0.25, -0.2) is 0 Å². The summed E-state index contributed by atoms with van der Waals surface area (Å²) in [5, 5.41) is 0. The Labute approximate surface area is 198 Å². The van der Waals surface area contributed by atoms with Gasteiger partial charge in [0.1, 0.15) is 5.75 Å². The van der Waals surface area contributed by atoms with Crippen LogP contribution in [0.15, 0.2) is 72.8 Å². The number of carbonyl (C=O) groups is 2. The molecule has 2 aliphatic heterocycles. The molecule has 0 N–H and O–H groups in total. The highest BCUT2D eigenvalue weighted by Crippen LogP contribution is 2.56. The van der Waals surface area contributed by atoms with Crippen LogP contribution in [0.2, 0.25) is 0 Å². The SMILES string of the molecule is COc1cccc(CN2C(=O)C3(SCC(=O)N3c3cccc(C(F)(F)F)c3)c3ccccc32)c1. The third-order valence-electron chi connectivity index (χ3n) is 5.97. The fourth-order valence-electron chi connectivity index (χ4n) is 4.49. The number of fused-ring (bicyclic) bond motifs is 2. The molecule has 5 nitrogen and oxygen atoms in total. The van der Waals surface area contributed by atoms with Crippen LogP contribution in [0.5, 0.6) is 5.75 Å². The topological polar surface area (TPSA) is 49.9 Å². The number of halogens is 3. The summed E-state index contributed by atoms with van der Waals surface area (Å²) >= 11 is 1.13. The van der Waals surface area contributed by atoms with Crippen LogP contribution in [0, 0.1) is 0 Å². The number of carbonyl (C=O) groups excluding carboxylic acids is 2. The van der Waals surface area contributed by atoms with E-state index in [9.17, 15) is 22.8 Å². The van der Waals surface area contributed by atoms with Gasteiger partial charge in [0.05, 0.1) is 30.7 Å². The molecule has 2 heterocycles. The Bertz CT molecular complexity index is 1300. The number of alkyl halides is 3. The molecule has 5 rings (SSSR count). The van der Waals surface area contributed by atoms with Gasteiger partial charge in [-0.2, -0.15) is 13.2 Å². The monoisotopic (exact) mass is 484 g/mol. The van der Waals surface area contributed by atoms with Crippen molar-refractivity contribution in [3.05, 3.63) is 89.5 Å². The molecule has 174 valence electrons. The van der Waals surface area contributed by atoms with Crippen LogP contribution in [0.4, 0.5) is 24.5 Å². The average Bonchev–Trinajstić information content (AvgIpc) is 3.30. The molecule has 1 spiro atoms. The van der Waals surface area contributed by atoms with Gasteiger partial charge in [-0.3, -0.25) is 14.5 Å². The van der Waals surface area contributed by atoms with Crippen molar-refractivity contribution in [2.75, 3.05) is 22.7 Å². The number of benzene rings is 3. The van der Waals surface area contributed by atoms with Crippen molar-refractivity contribution in [3.63, 3.8) is 0 Å². The van der Waals surface area contributed by atoms with Crippen molar-refractivity contribution in [2.45, 2.75) is 17.6 Å². The quantitative estimate of drug-likeness (QED) is 0.511. The van der Waals surface area contributed by atoms with Crippen molar-refractivity contribution < 1.29 is 27.5 Å². The Balaban J connectivity index is 1.62. The number of methoxy groups -OCH3 is 1. The number of para-hydroxylation sites is 1. The predicted molar refractivity (Wildman–Crippen MR) is 124 cm³/mol. The van der Waals surface area contributed by atoms with Crippen LogP contribution in [0.1, 0.15) is 16.7 Å². The number of anilines is 2. The maximum absolute atomic E-state index is 14.0. The molecule has 34 heavy (non-hydrogen) atoms. The zero-order valence-electron chi connectivity index (χ0n) is 18.0. The minimum absolute atomic E-state index is 0.0245. The van der Waals surface area contributed by atoms with Gasteiger partial charge in [-0.1, -0.05) is 36.4 Å². The fourth-order valence-corrected chi connectivity index (χ4v) is 5.85. The van der Waals surface area contributed by atoms with Crippen LogP contribution < -0.4 is 14.5 Å². The van der Waals surface area contributed by atoms with Gasteiger partial charge < -0.3 is 9.64 Å². The van der Waals surface area contributed by atoms with E-state index in [1.165, 1.54) is 17.0 Å². The van der Waals surface area contributed by atoms with E-state index in [0.29, 0.717) is 17.0 Å². The lowest BCUT2D eigenvalue weighted by atomic mass is 10.0. The Morgan fingerprint density at radius 1 is 1.00 bits per heavy atom. The standard InChI is InChI=1S/C25H19F3N2O3S/c1-33-19-9-4-6-16(12-19)14-29-21-11-3-2-10-20(21)24(23(29)32)30(22(31)15-34-24)18-8-5-7-17(13-18)25(26,27)28/h2-13H,14-15H2,1H3. The maximum Gasteiger partial charge on any atom is 0.416 e. The molecule has 1 saturated heterocycles. The van der Waals surface area contributed by atoms with Crippen molar-refractivity contribution in [2.24, 2.45) is 0 Å². The summed E-state index contributed by atoms with van der Waals surface area (Å²) in [5.41, 5.74) is 1.18.